The molecule has 1 aliphatic heterocycles. The maximum Gasteiger partial charge on any atom is 0.256 e. The number of rotatable bonds is 2. The number of pyridine rings is 1. The summed E-state index contributed by atoms with van der Waals surface area (Å²) in [5.74, 6) is -0.428. The Morgan fingerprint density at radius 2 is 2.10 bits per heavy atom. The zero-order valence-electron chi connectivity index (χ0n) is 12.0. The molecule has 6 heteroatoms. The standard InChI is InChI=1S/C14H9BrCl2N2O/c15-8-4-11(16)10(12(17)5-8)6-19-7-13-9(14(19)20)2-1-3-18-13/h1-5H,6-7H2/i7D2. The monoisotopic (exact) mass is 372 g/mol. The average molecular weight is 374 g/mol. The van der Waals surface area contributed by atoms with E-state index in [0.29, 0.717) is 20.1 Å². The van der Waals surface area contributed by atoms with Crippen LogP contribution in [0, 0.1) is 0 Å². The highest BCUT2D eigenvalue weighted by Gasteiger charge is 2.29. The summed E-state index contributed by atoms with van der Waals surface area (Å²) in [6, 6.07) is 6.48. The molecule has 20 heavy (non-hydrogen) atoms. The predicted molar refractivity (Wildman–Crippen MR) is 82.0 cm³/mol. The van der Waals surface area contributed by atoms with Crippen LogP contribution in [-0.4, -0.2) is 15.8 Å². The van der Waals surface area contributed by atoms with Crippen LogP contribution in [0.15, 0.2) is 34.9 Å². The summed E-state index contributed by atoms with van der Waals surface area (Å²) in [4.78, 5) is 17.5. The van der Waals surface area contributed by atoms with Gasteiger partial charge in [-0.2, -0.15) is 0 Å². The van der Waals surface area contributed by atoms with E-state index < -0.39 is 12.4 Å². The van der Waals surface area contributed by atoms with E-state index in [1.165, 1.54) is 6.20 Å². The van der Waals surface area contributed by atoms with E-state index in [4.69, 9.17) is 25.9 Å². The Labute approximate surface area is 137 Å². The second kappa shape index (κ2) is 5.35. The number of hydrogen-bond acceptors (Lipinski definition) is 2. The minimum Gasteiger partial charge on any atom is -0.328 e. The van der Waals surface area contributed by atoms with Crippen molar-refractivity contribution in [3.63, 3.8) is 0 Å². The fourth-order valence-electron chi connectivity index (χ4n) is 1.98. The smallest absolute Gasteiger partial charge is 0.256 e. The van der Waals surface area contributed by atoms with E-state index in [1.54, 1.807) is 24.3 Å². The number of benzene rings is 1. The number of amides is 1. The van der Waals surface area contributed by atoms with Gasteiger partial charge < -0.3 is 4.90 Å². The largest absolute Gasteiger partial charge is 0.328 e. The Hall–Kier alpha value is -1.10. The minimum atomic E-state index is -2.01. The van der Waals surface area contributed by atoms with Crippen molar-refractivity contribution in [1.82, 2.24) is 9.88 Å². The maximum atomic E-state index is 12.5. The highest BCUT2D eigenvalue weighted by atomic mass is 79.9. The van der Waals surface area contributed by atoms with Gasteiger partial charge in [-0.1, -0.05) is 39.1 Å². The summed E-state index contributed by atoms with van der Waals surface area (Å²) in [7, 11) is 0. The van der Waals surface area contributed by atoms with Crippen LogP contribution in [0.2, 0.25) is 10.0 Å². The number of fused-ring (bicyclic) bond motifs is 1. The molecule has 3 nitrogen and oxygen atoms in total. The highest BCUT2D eigenvalue weighted by molar-refractivity contribution is 9.10. The third kappa shape index (κ3) is 2.43. The molecule has 0 aliphatic carbocycles. The van der Waals surface area contributed by atoms with Gasteiger partial charge in [-0.15, -0.1) is 0 Å². The molecule has 0 saturated heterocycles. The van der Waals surface area contributed by atoms with E-state index in [1.807, 2.05) is 0 Å². The van der Waals surface area contributed by atoms with Gasteiger partial charge in [0.25, 0.3) is 5.91 Å². The van der Waals surface area contributed by atoms with E-state index >= 15 is 0 Å². The summed E-state index contributed by atoms with van der Waals surface area (Å²) in [6.07, 6.45) is 1.47. The number of aromatic nitrogens is 1. The molecule has 0 bridgehead atoms. The molecule has 3 rings (SSSR count). The molecule has 0 unspecified atom stereocenters. The summed E-state index contributed by atoms with van der Waals surface area (Å²) in [5.41, 5.74) is 0.873. The van der Waals surface area contributed by atoms with Gasteiger partial charge in [-0.25, -0.2) is 0 Å². The summed E-state index contributed by atoms with van der Waals surface area (Å²) in [6.45, 7) is -2.04. The second-order valence-electron chi connectivity index (χ2n) is 4.25. The maximum absolute atomic E-state index is 12.5. The first kappa shape index (κ1) is 11.5. The molecule has 0 fully saturated rings. The quantitative estimate of drug-likeness (QED) is 0.785. The normalized spacial score (nSPS) is 17.8. The van der Waals surface area contributed by atoms with E-state index in [9.17, 15) is 4.79 Å². The van der Waals surface area contributed by atoms with Crippen LogP contribution in [0.25, 0.3) is 0 Å². The molecule has 1 aliphatic rings. The first-order chi connectivity index (χ1) is 10.3. The van der Waals surface area contributed by atoms with E-state index in [0.717, 1.165) is 4.90 Å². The van der Waals surface area contributed by atoms with Gasteiger partial charge >= 0.3 is 0 Å². The van der Waals surface area contributed by atoms with Crippen LogP contribution in [0.1, 0.15) is 24.4 Å². The van der Waals surface area contributed by atoms with Crippen LogP contribution in [0.3, 0.4) is 0 Å². The third-order valence-electron chi connectivity index (χ3n) is 2.95. The lowest BCUT2D eigenvalue weighted by Gasteiger charge is -2.17. The molecule has 2 aromatic rings. The van der Waals surface area contributed by atoms with Crippen molar-refractivity contribution in [2.24, 2.45) is 0 Å². The SMILES string of the molecule is [2H]C1([2H])c2ncccc2C(=O)N1Cc1c(Cl)cc(Br)cc1Cl. The molecule has 0 saturated carbocycles. The molecule has 1 aromatic heterocycles. The number of carbonyl (C=O) groups is 1. The molecule has 0 N–H and O–H groups in total. The minimum absolute atomic E-state index is 0.0346. The van der Waals surface area contributed by atoms with Gasteiger partial charge in [0.05, 0.1) is 20.5 Å². The van der Waals surface area contributed by atoms with Gasteiger partial charge in [0, 0.05) is 32.8 Å². The lowest BCUT2D eigenvalue weighted by Crippen LogP contribution is -2.23. The molecule has 2 heterocycles. The van der Waals surface area contributed by atoms with Gasteiger partial charge in [0.15, 0.2) is 0 Å². The van der Waals surface area contributed by atoms with E-state index in [-0.39, 0.29) is 17.8 Å². The zero-order chi connectivity index (χ0) is 16.1. The summed E-state index contributed by atoms with van der Waals surface area (Å²) < 4.78 is 17.1. The number of nitrogens with zero attached hydrogens (tertiary/aromatic N) is 2. The number of carbonyl (C=O) groups excluding carboxylic acids is 1. The van der Waals surface area contributed by atoms with Gasteiger partial charge in [0.1, 0.15) is 0 Å². The summed E-state index contributed by atoms with van der Waals surface area (Å²) in [5, 5.41) is 0.735. The van der Waals surface area contributed by atoms with E-state index in [2.05, 4.69) is 20.9 Å². The van der Waals surface area contributed by atoms with Crippen molar-refractivity contribution in [2.75, 3.05) is 0 Å². The Kier molecular flexibility index (Phi) is 3.09. The first-order valence-corrected chi connectivity index (χ1v) is 7.28. The Morgan fingerprint density at radius 1 is 1.40 bits per heavy atom. The number of halogens is 3. The molecule has 0 atom stereocenters. The van der Waals surface area contributed by atoms with Crippen LogP contribution >= 0.6 is 39.1 Å². The second-order valence-corrected chi connectivity index (χ2v) is 5.98. The van der Waals surface area contributed by atoms with Gasteiger partial charge in [-0.05, 0) is 24.3 Å². The van der Waals surface area contributed by atoms with Gasteiger partial charge in [0.2, 0.25) is 0 Å². The average Bonchev–Trinajstić information content (AvgIpc) is 2.63. The van der Waals surface area contributed by atoms with Crippen molar-refractivity contribution in [3.05, 3.63) is 61.8 Å². The van der Waals surface area contributed by atoms with Crippen molar-refractivity contribution in [1.29, 1.82) is 0 Å². The third-order valence-corrected chi connectivity index (χ3v) is 4.08. The topological polar surface area (TPSA) is 33.2 Å². The van der Waals surface area contributed by atoms with Gasteiger partial charge in [-0.3, -0.25) is 9.78 Å². The number of hydrogen-bond donors (Lipinski definition) is 0. The van der Waals surface area contributed by atoms with Crippen molar-refractivity contribution >= 4 is 45.0 Å². The van der Waals surface area contributed by atoms with Crippen LogP contribution in [-0.2, 0) is 13.0 Å². The lowest BCUT2D eigenvalue weighted by atomic mass is 10.2. The molecular formula is C14H9BrCl2N2O. The molecule has 1 amide bonds. The van der Waals surface area contributed by atoms with Crippen LogP contribution < -0.4 is 0 Å². The van der Waals surface area contributed by atoms with Crippen molar-refractivity contribution in [2.45, 2.75) is 13.0 Å². The predicted octanol–water partition coefficient (Wildman–Crippen LogP) is 4.31. The molecule has 102 valence electrons. The molecule has 1 aromatic carbocycles. The first-order valence-electron chi connectivity index (χ1n) is 6.73. The summed E-state index contributed by atoms with van der Waals surface area (Å²) >= 11 is 15.6. The molecule has 0 spiro atoms. The highest BCUT2D eigenvalue weighted by Crippen LogP contribution is 2.32. The van der Waals surface area contributed by atoms with Crippen LogP contribution in [0.4, 0.5) is 0 Å². The Bertz CT molecular complexity index is 762. The Balaban J connectivity index is 2.03. The van der Waals surface area contributed by atoms with Crippen molar-refractivity contribution < 1.29 is 7.54 Å². The van der Waals surface area contributed by atoms with Crippen LogP contribution in [0.5, 0.6) is 0 Å². The zero-order valence-corrected chi connectivity index (χ0v) is 13.1. The fourth-order valence-corrected chi connectivity index (χ4v) is 3.31. The Morgan fingerprint density at radius 3 is 2.75 bits per heavy atom. The van der Waals surface area contributed by atoms with Crippen molar-refractivity contribution in [3.8, 4) is 0 Å². The molecular weight excluding hydrogens is 363 g/mol. The fraction of sp³-hybridized carbons (Fsp3) is 0.143. The molecule has 0 radical (unpaired) electrons. The lowest BCUT2D eigenvalue weighted by molar-refractivity contribution is 0.0766.